The summed E-state index contributed by atoms with van der Waals surface area (Å²) in [5, 5.41) is 9.92. The van der Waals surface area contributed by atoms with Gasteiger partial charge in [-0.1, -0.05) is 18.2 Å². The Morgan fingerprint density at radius 2 is 2.09 bits per heavy atom. The average Bonchev–Trinajstić information content (AvgIpc) is 3.01. The van der Waals surface area contributed by atoms with Gasteiger partial charge in [0, 0.05) is 19.0 Å². The second-order valence-corrected chi connectivity index (χ2v) is 6.44. The number of nitrogens with zero attached hydrogens (tertiary/aromatic N) is 1. The monoisotopic (exact) mass is 325 g/mol. The fourth-order valence-corrected chi connectivity index (χ4v) is 3.43. The average molecular weight is 325 g/mol. The van der Waals surface area contributed by atoms with Gasteiger partial charge in [0.2, 0.25) is 0 Å². The first-order chi connectivity index (χ1) is 10.9. The quantitative estimate of drug-likeness (QED) is 0.925. The highest BCUT2D eigenvalue weighted by atomic mass is 19.3. The van der Waals surface area contributed by atoms with Crippen molar-refractivity contribution in [2.45, 2.75) is 43.1 Å². The van der Waals surface area contributed by atoms with Crippen LogP contribution in [0.4, 0.5) is 8.78 Å². The van der Waals surface area contributed by atoms with Crippen LogP contribution >= 0.6 is 0 Å². The maximum absolute atomic E-state index is 14.3. The van der Waals surface area contributed by atoms with E-state index in [0.29, 0.717) is 18.6 Å². The van der Waals surface area contributed by atoms with Gasteiger partial charge in [-0.2, -0.15) is 8.78 Å². The number of hydrogen-bond donors (Lipinski definition) is 1. The molecule has 1 saturated carbocycles. The number of benzene rings is 1. The summed E-state index contributed by atoms with van der Waals surface area (Å²) < 4.78 is 33.9. The summed E-state index contributed by atoms with van der Waals surface area (Å²) in [6, 6.07) is 7.44. The molecule has 1 saturated heterocycles. The lowest BCUT2D eigenvalue weighted by molar-refractivity contribution is -0.222. The van der Waals surface area contributed by atoms with E-state index in [0.717, 1.165) is 5.56 Å². The van der Waals surface area contributed by atoms with Gasteiger partial charge < -0.3 is 14.7 Å². The third-order valence-corrected chi connectivity index (χ3v) is 5.09. The lowest BCUT2D eigenvalue weighted by atomic mass is 9.75. The van der Waals surface area contributed by atoms with E-state index in [4.69, 9.17) is 4.74 Å². The molecular formula is C17H21F2NO3. The van der Waals surface area contributed by atoms with Crippen LogP contribution in [-0.2, 0) is 4.79 Å². The van der Waals surface area contributed by atoms with E-state index < -0.39 is 17.4 Å². The number of carbonyl (C=O) groups is 1. The van der Waals surface area contributed by atoms with Gasteiger partial charge in [-0.25, -0.2) is 0 Å². The highest BCUT2D eigenvalue weighted by Gasteiger charge is 2.62. The van der Waals surface area contributed by atoms with Gasteiger partial charge >= 0.3 is 5.92 Å². The van der Waals surface area contributed by atoms with Crippen molar-refractivity contribution in [3.05, 3.63) is 29.8 Å². The number of halogens is 2. The molecule has 1 unspecified atom stereocenters. The number of alkyl halides is 2. The van der Waals surface area contributed by atoms with Crippen LogP contribution in [0.25, 0.3) is 0 Å². The van der Waals surface area contributed by atoms with Crippen LogP contribution in [0.5, 0.6) is 5.75 Å². The lowest BCUT2D eigenvalue weighted by Crippen LogP contribution is -2.61. The molecule has 1 aromatic carbocycles. The van der Waals surface area contributed by atoms with Gasteiger partial charge in [0.1, 0.15) is 11.4 Å². The smallest absolute Gasteiger partial charge is 0.352 e. The number of aliphatic hydroxyl groups is 1. The Labute approximate surface area is 134 Å². The molecule has 1 aliphatic heterocycles. The molecule has 2 fully saturated rings. The topological polar surface area (TPSA) is 49.8 Å². The Bertz CT molecular complexity index is 601. The Balaban J connectivity index is 1.73. The molecule has 0 spiro atoms. The summed E-state index contributed by atoms with van der Waals surface area (Å²) in [7, 11) is 1.57. The third kappa shape index (κ3) is 2.59. The number of carbonyl (C=O) groups excluding carboxylic acids is 1. The van der Waals surface area contributed by atoms with Gasteiger partial charge in [0.15, 0.2) is 0 Å². The minimum atomic E-state index is -3.71. The summed E-state index contributed by atoms with van der Waals surface area (Å²) in [5.74, 6) is -4.28. The number of rotatable bonds is 4. The number of hydrogen-bond acceptors (Lipinski definition) is 3. The van der Waals surface area contributed by atoms with E-state index in [1.165, 1.54) is 4.90 Å². The van der Waals surface area contributed by atoms with Crippen LogP contribution in [0.3, 0.4) is 0 Å². The molecule has 0 aromatic heterocycles. The molecule has 2 aliphatic rings. The summed E-state index contributed by atoms with van der Waals surface area (Å²) in [4.78, 5) is 13.4. The number of likely N-dealkylation sites (tertiary alicyclic amines) is 1. The molecular weight excluding hydrogens is 304 g/mol. The Morgan fingerprint density at radius 1 is 1.39 bits per heavy atom. The van der Waals surface area contributed by atoms with Crippen molar-refractivity contribution in [2.24, 2.45) is 0 Å². The lowest BCUT2D eigenvalue weighted by Gasteiger charge is -2.42. The van der Waals surface area contributed by atoms with E-state index in [9.17, 15) is 18.7 Å². The number of ether oxygens (including phenoxy) is 1. The van der Waals surface area contributed by atoms with Crippen molar-refractivity contribution in [1.82, 2.24) is 4.90 Å². The Morgan fingerprint density at radius 3 is 2.70 bits per heavy atom. The van der Waals surface area contributed by atoms with E-state index in [1.54, 1.807) is 7.11 Å². The van der Waals surface area contributed by atoms with E-state index in [2.05, 4.69) is 0 Å². The van der Waals surface area contributed by atoms with E-state index in [1.807, 2.05) is 24.3 Å². The molecule has 0 bridgehead atoms. The number of para-hydroxylation sites is 1. The molecule has 1 N–H and O–H groups in total. The van der Waals surface area contributed by atoms with Gasteiger partial charge in [-0.3, -0.25) is 4.79 Å². The molecule has 3 rings (SSSR count). The van der Waals surface area contributed by atoms with Gasteiger partial charge in [0.05, 0.1) is 7.11 Å². The molecule has 1 atom stereocenters. The number of methoxy groups -OCH3 is 1. The predicted molar refractivity (Wildman–Crippen MR) is 80.7 cm³/mol. The summed E-state index contributed by atoms with van der Waals surface area (Å²) in [5.41, 5.74) is -1.23. The molecule has 23 heavy (non-hydrogen) atoms. The third-order valence-electron chi connectivity index (χ3n) is 5.09. The van der Waals surface area contributed by atoms with Crippen molar-refractivity contribution >= 4 is 5.91 Å². The molecule has 1 aliphatic carbocycles. The van der Waals surface area contributed by atoms with Crippen molar-refractivity contribution in [1.29, 1.82) is 0 Å². The van der Waals surface area contributed by atoms with Gasteiger partial charge in [0.25, 0.3) is 5.91 Å². The Kier molecular flexibility index (Phi) is 4.04. The minimum Gasteiger partial charge on any atom is -0.496 e. The van der Waals surface area contributed by atoms with Crippen LogP contribution in [0.1, 0.15) is 37.2 Å². The van der Waals surface area contributed by atoms with Crippen LogP contribution in [-0.4, -0.2) is 47.6 Å². The van der Waals surface area contributed by atoms with Crippen molar-refractivity contribution in [3.63, 3.8) is 0 Å². The van der Waals surface area contributed by atoms with Crippen molar-refractivity contribution in [2.75, 3.05) is 20.2 Å². The standard InChI is InChI=1S/C17H21F2NO3/c1-23-14-6-3-2-5-13(14)12-7-10-20(11-12)15(21)17(18,19)16(22)8-4-9-16/h2-3,5-6,12,22H,4,7-11H2,1H3. The zero-order chi connectivity index (χ0) is 16.7. The van der Waals surface area contributed by atoms with Crippen molar-refractivity contribution in [3.8, 4) is 5.75 Å². The first-order valence-corrected chi connectivity index (χ1v) is 7.91. The number of amides is 1. The van der Waals surface area contributed by atoms with Crippen LogP contribution < -0.4 is 4.74 Å². The maximum Gasteiger partial charge on any atom is 0.352 e. The summed E-state index contributed by atoms with van der Waals surface area (Å²) in [6.07, 6.45) is 1.11. The van der Waals surface area contributed by atoms with Crippen LogP contribution in [0, 0.1) is 0 Å². The molecule has 0 radical (unpaired) electrons. The maximum atomic E-state index is 14.3. The molecule has 4 nitrogen and oxygen atoms in total. The van der Waals surface area contributed by atoms with Crippen LogP contribution in [0.2, 0.25) is 0 Å². The Hall–Kier alpha value is -1.69. The normalized spacial score (nSPS) is 23.5. The fourth-order valence-electron chi connectivity index (χ4n) is 3.43. The minimum absolute atomic E-state index is 0.0183. The second-order valence-electron chi connectivity index (χ2n) is 6.44. The predicted octanol–water partition coefficient (Wildman–Crippen LogP) is 2.56. The molecule has 6 heteroatoms. The van der Waals surface area contributed by atoms with E-state index in [-0.39, 0.29) is 31.8 Å². The molecule has 1 amide bonds. The van der Waals surface area contributed by atoms with E-state index >= 15 is 0 Å². The van der Waals surface area contributed by atoms with Gasteiger partial charge in [-0.15, -0.1) is 0 Å². The summed E-state index contributed by atoms with van der Waals surface area (Å²) in [6.45, 7) is 0.498. The SMILES string of the molecule is COc1ccccc1C1CCN(C(=O)C(F)(F)C2(O)CCC2)C1. The largest absolute Gasteiger partial charge is 0.496 e. The second kappa shape index (κ2) is 5.74. The first-order valence-electron chi connectivity index (χ1n) is 7.91. The highest BCUT2D eigenvalue weighted by Crippen LogP contribution is 2.46. The zero-order valence-corrected chi connectivity index (χ0v) is 13.1. The van der Waals surface area contributed by atoms with Crippen LogP contribution in [0.15, 0.2) is 24.3 Å². The molecule has 1 aromatic rings. The molecule has 126 valence electrons. The van der Waals surface area contributed by atoms with Crippen molar-refractivity contribution < 1.29 is 23.4 Å². The first kappa shape index (κ1) is 16.2. The summed E-state index contributed by atoms with van der Waals surface area (Å²) >= 11 is 0. The fraction of sp³-hybridized carbons (Fsp3) is 0.588. The zero-order valence-electron chi connectivity index (χ0n) is 13.1. The molecule has 1 heterocycles. The highest BCUT2D eigenvalue weighted by molar-refractivity contribution is 5.85. The van der Waals surface area contributed by atoms with Gasteiger partial charge in [-0.05, 0) is 37.3 Å².